The summed E-state index contributed by atoms with van der Waals surface area (Å²) < 4.78 is 24.8. The van der Waals surface area contributed by atoms with Crippen LogP contribution in [-0.2, 0) is 10.0 Å². The number of thioether (sulfide) groups is 1. The van der Waals surface area contributed by atoms with Crippen LogP contribution >= 0.6 is 11.8 Å². The summed E-state index contributed by atoms with van der Waals surface area (Å²) in [5.74, 6) is 2.24. The van der Waals surface area contributed by atoms with Gasteiger partial charge in [-0.15, -0.1) is 0 Å². The smallest absolute Gasteiger partial charge is 0.211 e. The monoisotopic (exact) mass is 321 g/mol. The quantitative estimate of drug-likeness (QED) is 0.816. The van der Waals surface area contributed by atoms with E-state index in [0.29, 0.717) is 19.6 Å². The van der Waals surface area contributed by atoms with Crippen LogP contribution in [0.2, 0.25) is 0 Å². The Morgan fingerprint density at radius 2 is 1.80 bits per heavy atom. The van der Waals surface area contributed by atoms with Crippen LogP contribution in [0.25, 0.3) is 0 Å². The lowest BCUT2D eigenvalue weighted by Crippen LogP contribution is -2.69. The SMILES string of the molecule is CC1(C)CCSCC1(CN)N1CCN(S(C)(=O)=O)CC1. The maximum atomic E-state index is 11.6. The van der Waals surface area contributed by atoms with E-state index < -0.39 is 10.0 Å². The predicted molar refractivity (Wildman–Crippen MR) is 85.5 cm³/mol. The first-order valence-electron chi connectivity index (χ1n) is 7.21. The molecule has 1 atom stereocenters. The minimum Gasteiger partial charge on any atom is -0.329 e. The van der Waals surface area contributed by atoms with Gasteiger partial charge in [0.2, 0.25) is 10.0 Å². The van der Waals surface area contributed by atoms with Crippen LogP contribution in [0.3, 0.4) is 0 Å². The summed E-state index contributed by atoms with van der Waals surface area (Å²) in [5, 5.41) is 0. The molecule has 0 radical (unpaired) electrons. The highest BCUT2D eigenvalue weighted by molar-refractivity contribution is 7.99. The summed E-state index contributed by atoms with van der Waals surface area (Å²) in [7, 11) is -3.07. The molecule has 5 nitrogen and oxygen atoms in total. The van der Waals surface area contributed by atoms with Gasteiger partial charge in [-0.2, -0.15) is 16.1 Å². The molecule has 0 aliphatic carbocycles. The molecule has 0 aromatic heterocycles. The number of sulfonamides is 1. The fourth-order valence-corrected chi connectivity index (χ4v) is 6.08. The maximum absolute atomic E-state index is 11.6. The molecule has 2 aliphatic heterocycles. The van der Waals surface area contributed by atoms with Crippen molar-refractivity contribution in [2.24, 2.45) is 11.1 Å². The fourth-order valence-electron chi connectivity index (χ4n) is 3.43. The molecule has 0 bridgehead atoms. The summed E-state index contributed by atoms with van der Waals surface area (Å²) in [6.45, 7) is 8.00. The first kappa shape index (κ1) is 16.5. The van der Waals surface area contributed by atoms with Crippen molar-refractivity contribution < 1.29 is 8.42 Å². The summed E-state index contributed by atoms with van der Waals surface area (Å²) in [5.41, 5.74) is 6.36. The van der Waals surface area contributed by atoms with Gasteiger partial charge in [0, 0.05) is 44.0 Å². The van der Waals surface area contributed by atoms with Crippen LogP contribution in [0.15, 0.2) is 0 Å². The Morgan fingerprint density at radius 3 is 2.25 bits per heavy atom. The Bertz CT molecular complexity index is 445. The van der Waals surface area contributed by atoms with E-state index in [1.54, 1.807) is 4.31 Å². The third-order valence-corrected chi connectivity index (χ3v) is 7.60. The second-order valence-corrected chi connectivity index (χ2v) is 9.66. The standard InChI is InChI=1S/C13H27N3O2S2/c1-12(2)4-9-19-11-13(12,10-14)15-5-7-16(8-6-15)20(3,17)18/h4-11,14H2,1-3H3. The highest BCUT2D eigenvalue weighted by atomic mass is 32.2. The van der Waals surface area contributed by atoms with Gasteiger partial charge in [0.1, 0.15) is 0 Å². The van der Waals surface area contributed by atoms with Crippen molar-refractivity contribution in [1.82, 2.24) is 9.21 Å². The van der Waals surface area contributed by atoms with Crippen molar-refractivity contribution in [2.45, 2.75) is 25.8 Å². The Labute approximate surface area is 127 Å². The van der Waals surface area contributed by atoms with Crippen LogP contribution in [0.1, 0.15) is 20.3 Å². The van der Waals surface area contributed by atoms with Gasteiger partial charge in [-0.3, -0.25) is 4.90 Å². The summed E-state index contributed by atoms with van der Waals surface area (Å²) in [6.07, 6.45) is 2.46. The maximum Gasteiger partial charge on any atom is 0.211 e. The third kappa shape index (κ3) is 2.88. The van der Waals surface area contributed by atoms with Crippen LogP contribution in [0.4, 0.5) is 0 Å². The molecule has 2 saturated heterocycles. The van der Waals surface area contributed by atoms with Crippen LogP contribution in [0.5, 0.6) is 0 Å². The van der Waals surface area contributed by atoms with E-state index in [1.807, 2.05) is 11.8 Å². The van der Waals surface area contributed by atoms with E-state index in [1.165, 1.54) is 18.4 Å². The average molecular weight is 322 g/mol. The zero-order chi connectivity index (χ0) is 15.0. The van der Waals surface area contributed by atoms with Crippen LogP contribution < -0.4 is 5.73 Å². The number of nitrogens with two attached hydrogens (primary N) is 1. The number of hydrogen-bond acceptors (Lipinski definition) is 5. The molecule has 0 spiro atoms. The lowest BCUT2D eigenvalue weighted by Gasteiger charge is -2.57. The van der Waals surface area contributed by atoms with Gasteiger partial charge in [0.15, 0.2) is 0 Å². The van der Waals surface area contributed by atoms with Crippen molar-refractivity contribution in [3.63, 3.8) is 0 Å². The molecule has 2 heterocycles. The van der Waals surface area contributed by atoms with Gasteiger partial charge in [-0.1, -0.05) is 13.8 Å². The Hall–Kier alpha value is 0.180. The topological polar surface area (TPSA) is 66.6 Å². The normalized spacial score (nSPS) is 33.2. The molecule has 7 heteroatoms. The first-order valence-corrected chi connectivity index (χ1v) is 10.2. The molecular weight excluding hydrogens is 294 g/mol. The highest BCUT2D eigenvalue weighted by Gasteiger charge is 2.50. The summed E-state index contributed by atoms with van der Waals surface area (Å²) >= 11 is 1.98. The van der Waals surface area contributed by atoms with E-state index in [4.69, 9.17) is 5.73 Å². The molecule has 1 unspecified atom stereocenters. The van der Waals surface area contributed by atoms with Gasteiger partial charge >= 0.3 is 0 Å². The number of nitrogens with zero attached hydrogens (tertiary/aromatic N) is 2. The molecule has 2 fully saturated rings. The minimum atomic E-state index is -3.07. The summed E-state index contributed by atoms with van der Waals surface area (Å²) in [6, 6.07) is 0. The zero-order valence-electron chi connectivity index (χ0n) is 12.8. The van der Waals surface area contributed by atoms with E-state index in [-0.39, 0.29) is 11.0 Å². The highest BCUT2D eigenvalue weighted by Crippen LogP contribution is 2.45. The molecule has 118 valence electrons. The lowest BCUT2D eigenvalue weighted by atomic mass is 9.69. The molecule has 0 aromatic rings. The van der Waals surface area contributed by atoms with E-state index in [0.717, 1.165) is 18.8 Å². The molecule has 0 amide bonds. The summed E-state index contributed by atoms with van der Waals surface area (Å²) in [4.78, 5) is 2.45. The van der Waals surface area contributed by atoms with Crippen molar-refractivity contribution in [1.29, 1.82) is 0 Å². The molecular formula is C13H27N3O2S2. The Morgan fingerprint density at radius 1 is 1.20 bits per heavy atom. The molecule has 2 N–H and O–H groups in total. The number of rotatable bonds is 3. The Kier molecular flexibility index (Phi) is 4.76. The van der Waals surface area contributed by atoms with Gasteiger partial charge in [-0.05, 0) is 17.6 Å². The minimum absolute atomic E-state index is 0.000486. The largest absolute Gasteiger partial charge is 0.329 e. The van der Waals surface area contributed by atoms with E-state index in [9.17, 15) is 8.42 Å². The lowest BCUT2D eigenvalue weighted by molar-refractivity contribution is -0.0163. The second kappa shape index (κ2) is 5.76. The van der Waals surface area contributed by atoms with Crippen molar-refractivity contribution in [3.05, 3.63) is 0 Å². The van der Waals surface area contributed by atoms with Crippen LogP contribution in [0, 0.1) is 5.41 Å². The van der Waals surface area contributed by atoms with Gasteiger partial charge in [-0.25, -0.2) is 8.42 Å². The van der Waals surface area contributed by atoms with Crippen LogP contribution in [-0.4, -0.2) is 73.6 Å². The molecule has 0 aromatic carbocycles. The molecule has 2 rings (SSSR count). The predicted octanol–water partition coefficient (Wildman–Crippen LogP) is 0.424. The fraction of sp³-hybridized carbons (Fsp3) is 1.00. The first-order chi connectivity index (χ1) is 9.23. The van der Waals surface area contributed by atoms with E-state index >= 15 is 0 Å². The Balaban J connectivity index is 2.14. The van der Waals surface area contributed by atoms with Gasteiger partial charge < -0.3 is 5.73 Å². The van der Waals surface area contributed by atoms with Crippen molar-refractivity contribution >= 4 is 21.8 Å². The third-order valence-electron chi connectivity index (χ3n) is 5.12. The average Bonchev–Trinajstić information content (AvgIpc) is 2.38. The van der Waals surface area contributed by atoms with Gasteiger partial charge in [0.25, 0.3) is 0 Å². The number of piperazine rings is 1. The zero-order valence-corrected chi connectivity index (χ0v) is 14.4. The van der Waals surface area contributed by atoms with Crippen molar-refractivity contribution in [3.8, 4) is 0 Å². The van der Waals surface area contributed by atoms with Gasteiger partial charge in [0.05, 0.1) is 6.26 Å². The number of hydrogen-bond donors (Lipinski definition) is 1. The molecule has 2 aliphatic rings. The molecule has 0 saturated carbocycles. The second-order valence-electron chi connectivity index (χ2n) is 6.57. The van der Waals surface area contributed by atoms with E-state index in [2.05, 4.69) is 18.7 Å². The molecule has 20 heavy (non-hydrogen) atoms. The van der Waals surface area contributed by atoms with Crippen molar-refractivity contribution in [2.75, 3.05) is 50.5 Å².